The molecule has 0 spiro atoms. The highest BCUT2D eigenvalue weighted by Crippen LogP contribution is 2.33. The molecule has 1 heterocycles. The molecule has 0 aliphatic carbocycles. The van der Waals surface area contributed by atoms with E-state index in [1.54, 1.807) is 7.11 Å². The number of methoxy groups -OCH3 is 1. The van der Waals surface area contributed by atoms with Crippen molar-refractivity contribution in [2.75, 3.05) is 31.9 Å². The molecule has 1 fully saturated rings. The number of sulfone groups is 2. The molecule has 0 saturated carbocycles. The van der Waals surface area contributed by atoms with Crippen LogP contribution in [0.15, 0.2) is 79.4 Å². The first-order valence-corrected chi connectivity index (χ1v) is 21.1. The number of unbranched alkanes of at least 4 members (excludes halogenated alkanes) is 2. The maximum atomic E-state index is 12.1. The molecule has 0 radical (unpaired) electrons. The van der Waals surface area contributed by atoms with Crippen molar-refractivity contribution in [2.45, 2.75) is 83.7 Å². The van der Waals surface area contributed by atoms with Gasteiger partial charge in [-0.3, -0.25) is 4.90 Å². The molecule has 3 aromatic carbocycles. The Hall–Kier alpha value is -3.67. The van der Waals surface area contributed by atoms with Crippen molar-refractivity contribution >= 4 is 31.3 Å². The number of likely N-dealkylation sites (tertiary alicyclic amines) is 1. The van der Waals surface area contributed by atoms with Crippen LogP contribution in [0, 0.1) is 6.92 Å². The van der Waals surface area contributed by atoms with Crippen molar-refractivity contribution in [3.8, 4) is 16.9 Å². The molecule has 0 aromatic heterocycles. The van der Waals surface area contributed by atoms with Crippen LogP contribution in [-0.2, 0) is 31.0 Å². The van der Waals surface area contributed by atoms with E-state index >= 15 is 0 Å². The number of aliphatic carboxylic acids is 1. The first kappa shape index (κ1) is 42.5. The third-order valence-corrected chi connectivity index (χ3v) is 11.1. The van der Waals surface area contributed by atoms with Gasteiger partial charge in [0.2, 0.25) is 0 Å². The molecule has 3 unspecified atom stereocenters. The summed E-state index contributed by atoms with van der Waals surface area (Å²) in [6, 6.07) is 22.4. The van der Waals surface area contributed by atoms with E-state index in [9.17, 15) is 26.7 Å². The molecule has 0 bridgehead atoms. The third kappa shape index (κ3) is 14.3. The van der Waals surface area contributed by atoms with Gasteiger partial charge in [-0.2, -0.15) is 0 Å². The van der Waals surface area contributed by atoms with Crippen LogP contribution >= 0.6 is 0 Å². The zero-order valence-electron chi connectivity index (χ0n) is 30.7. The average molecular weight is 729 g/mol. The molecule has 9 nitrogen and oxygen atoms in total. The fraction of sp³-hybridized carbons (Fsp3) is 0.462. The molecule has 50 heavy (non-hydrogen) atoms. The number of benzene rings is 3. The number of carbonyl (C=O) groups is 1. The van der Waals surface area contributed by atoms with Crippen LogP contribution in [0.1, 0.15) is 69.6 Å². The highest BCUT2D eigenvalue weighted by molar-refractivity contribution is 7.91. The van der Waals surface area contributed by atoms with Gasteiger partial charge in [0, 0.05) is 42.9 Å². The zero-order valence-corrected chi connectivity index (χ0v) is 32.3. The summed E-state index contributed by atoms with van der Waals surface area (Å²) in [7, 11) is -4.77. The van der Waals surface area contributed by atoms with Crippen LogP contribution in [0.5, 0.6) is 5.75 Å². The molecule has 0 amide bonds. The summed E-state index contributed by atoms with van der Waals surface area (Å²) in [6.07, 6.45) is 6.96. The number of carboxylic acid groups (broad SMARTS) is 1. The molecule has 2 N–H and O–H groups in total. The van der Waals surface area contributed by atoms with E-state index in [4.69, 9.17) is 4.74 Å². The number of aryl methyl sites for hydroxylation is 1. The highest BCUT2D eigenvalue weighted by Gasteiger charge is 2.35. The molecular formula is C39H56N2O7S2. The lowest BCUT2D eigenvalue weighted by Crippen LogP contribution is -2.37. The number of para-hydroxylation sites is 1. The minimum Gasteiger partial charge on any atom is -0.497 e. The van der Waals surface area contributed by atoms with Crippen LogP contribution in [-0.4, -0.2) is 82.1 Å². The van der Waals surface area contributed by atoms with Gasteiger partial charge in [0.15, 0.2) is 9.84 Å². The Kier molecular flexibility index (Phi) is 17.2. The van der Waals surface area contributed by atoms with Crippen molar-refractivity contribution in [3.63, 3.8) is 0 Å². The van der Waals surface area contributed by atoms with Crippen molar-refractivity contribution < 1.29 is 31.5 Å². The zero-order chi connectivity index (χ0) is 37.5. The van der Waals surface area contributed by atoms with Crippen LogP contribution in [0.3, 0.4) is 0 Å². The molecular weight excluding hydrogens is 673 g/mol. The smallest absolute Gasteiger partial charge is 0.326 e. The van der Waals surface area contributed by atoms with Gasteiger partial charge >= 0.3 is 5.97 Å². The van der Waals surface area contributed by atoms with E-state index in [-0.39, 0.29) is 23.5 Å². The van der Waals surface area contributed by atoms with Crippen LogP contribution < -0.4 is 10.1 Å². The second kappa shape index (κ2) is 20.2. The van der Waals surface area contributed by atoms with Gasteiger partial charge in [-0.25, -0.2) is 21.6 Å². The first-order chi connectivity index (χ1) is 23.5. The van der Waals surface area contributed by atoms with Gasteiger partial charge in [0.25, 0.3) is 0 Å². The number of ether oxygens (including phenoxy) is 1. The van der Waals surface area contributed by atoms with E-state index in [1.165, 1.54) is 25.5 Å². The number of hydrogen-bond acceptors (Lipinski definition) is 8. The van der Waals surface area contributed by atoms with Gasteiger partial charge in [-0.05, 0) is 67.1 Å². The van der Waals surface area contributed by atoms with Crippen LogP contribution in [0.25, 0.3) is 16.8 Å². The standard InChI is InChI=1S/C27H36N2O6S2.C7H8O.C5H12/c1-18-8-6-7-9-23(18)25-15-21(16-29-17-22(14-19(29)2)37(5,34)35)10-11-24(25)20(3)28-26(27(30)31)12-13-36(4,32)33;1-8-7-5-3-2-4-6-7;1-3-5-4-2/h6-11,15,19,22,26,28H,3,12-14,16-17H2,1-2,4-5H3,(H,30,31);2-6H,1H3;3-5H2,1-2H3. The quantitative estimate of drug-likeness (QED) is 0.180. The van der Waals surface area contributed by atoms with Crippen LogP contribution in [0.4, 0.5) is 0 Å². The van der Waals surface area contributed by atoms with Gasteiger partial charge in [-0.15, -0.1) is 0 Å². The van der Waals surface area contributed by atoms with Crippen molar-refractivity contribution in [2.24, 2.45) is 0 Å². The number of rotatable bonds is 14. The summed E-state index contributed by atoms with van der Waals surface area (Å²) in [4.78, 5) is 14.0. The van der Waals surface area contributed by atoms with Crippen molar-refractivity contribution in [3.05, 3.63) is 96.1 Å². The molecule has 1 aliphatic rings. The SMILES string of the molecule is C=C(NC(CCS(C)(=O)=O)C(=O)O)c1ccc(CN2CC(S(C)(=O)=O)CC2C)cc1-c1ccccc1C.CCCCC.COc1ccccc1. The Morgan fingerprint density at radius 1 is 0.980 bits per heavy atom. The van der Waals surface area contributed by atoms with E-state index in [2.05, 4.69) is 30.6 Å². The first-order valence-electron chi connectivity index (χ1n) is 17.1. The van der Waals surface area contributed by atoms with Gasteiger partial charge in [0.1, 0.15) is 21.6 Å². The summed E-state index contributed by atoms with van der Waals surface area (Å²) in [5, 5.41) is 12.2. The molecule has 276 valence electrons. The van der Waals surface area contributed by atoms with Crippen molar-refractivity contribution in [1.82, 2.24) is 10.2 Å². The second-order valence-corrected chi connectivity index (χ2v) is 17.5. The lowest BCUT2D eigenvalue weighted by Gasteiger charge is -2.23. The number of hydrogen-bond donors (Lipinski definition) is 2. The normalized spacial score (nSPS) is 16.6. The minimum absolute atomic E-state index is 0.0840. The molecule has 1 saturated heterocycles. The highest BCUT2D eigenvalue weighted by atomic mass is 32.2. The molecule has 3 atom stereocenters. The fourth-order valence-corrected chi connectivity index (χ4v) is 7.40. The molecule has 3 aromatic rings. The van der Waals surface area contributed by atoms with Gasteiger partial charge < -0.3 is 15.2 Å². The Morgan fingerprint density at radius 2 is 1.60 bits per heavy atom. The summed E-state index contributed by atoms with van der Waals surface area (Å²) >= 11 is 0. The Labute approximate surface area is 300 Å². The fourth-order valence-electron chi connectivity index (χ4n) is 5.65. The predicted octanol–water partition coefficient (Wildman–Crippen LogP) is 7.01. The number of nitrogens with zero attached hydrogens (tertiary/aromatic N) is 1. The number of carboxylic acids is 1. The topological polar surface area (TPSA) is 130 Å². The average Bonchev–Trinajstić information content (AvgIpc) is 3.44. The maximum absolute atomic E-state index is 12.1. The summed E-state index contributed by atoms with van der Waals surface area (Å²) in [6.45, 7) is 13.6. The van der Waals surface area contributed by atoms with Crippen LogP contribution in [0.2, 0.25) is 0 Å². The Balaban J connectivity index is 0.000000557. The van der Waals surface area contributed by atoms with Gasteiger partial charge in [0.05, 0.1) is 18.1 Å². The summed E-state index contributed by atoms with van der Waals surface area (Å²) in [5.74, 6) is -0.495. The third-order valence-electron chi connectivity index (χ3n) is 8.61. The Morgan fingerprint density at radius 3 is 2.08 bits per heavy atom. The molecule has 11 heteroatoms. The van der Waals surface area contributed by atoms with E-state index in [0.29, 0.717) is 30.8 Å². The largest absolute Gasteiger partial charge is 0.497 e. The van der Waals surface area contributed by atoms with E-state index in [0.717, 1.165) is 34.3 Å². The molecule has 4 rings (SSSR count). The number of nitrogens with one attached hydrogen (secondary N) is 1. The monoisotopic (exact) mass is 728 g/mol. The maximum Gasteiger partial charge on any atom is 0.326 e. The van der Waals surface area contributed by atoms with E-state index in [1.807, 2.05) is 86.6 Å². The van der Waals surface area contributed by atoms with Crippen molar-refractivity contribution in [1.29, 1.82) is 0 Å². The van der Waals surface area contributed by atoms with Gasteiger partial charge in [-0.1, -0.05) is 94.3 Å². The summed E-state index contributed by atoms with van der Waals surface area (Å²) in [5.41, 5.74) is 4.97. The lowest BCUT2D eigenvalue weighted by molar-refractivity contribution is -0.139. The molecule has 1 aliphatic heterocycles. The lowest BCUT2D eigenvalue weighted by atomic mass is 9.92. The second-order valence-electron chi connectivity index (χ2n) is 13.0. The van der Waals surface area contributed by atoms with E-state index < -0.39 is 31.7 Å². The minimum atomic E-state index is -3.32. The predicted molar refractivity (Wildman–Crippen MR) is 206 cm³/mol. The summed E-state index contributed by atoms with van der Waals surface area (Å²) < 4.78 is 52.3. The Bertz CT molecular complexity index is 1740.